The average molecular weight is 337 g/mol. The Labute approximate surface area is 148 Å². The number of ether oxygens (including phenoxy) is 1. The highest BCUT2D eigenvalue weighted by Gasteiger charge is 2.18. The zero-order valence-electron chi connectivity index (χ0n) is 14.4. The molecule has 1 N–H and O–H groups in total. The highest BCUT2D eigenvalue weighted by Crippen LogP contribution is 2.15. The van der Waals surface area contributed by atoms with Gasteiger partial charge < -0.3 is 15.0 Å². The molecular formula is C20H23N3O2. The van der Waals surface area contributed by atoms with Crippen LogP contribution in [0.15, 0.2) is 54.9 Å². The van der Waals surface area contributed by atoms with E-state index in [0.717, 1.165) is 36.5 Å². The van der Waals surface area contributed by atoms with Crippen LogP contribution in [0.5, 0.6) is 5.75 Å². The standard InChI is InChI=1S/C20H23N3O2/c1-16-14-23(12-11-22-16)20(24)9-6-17-4-7-19(8-5-17)25-15-18-3-2-10-21-13-18/h2-10,13,16,22H,11-12,14-15H2,1H3/b9-6+. The first kappa shape index (κ1) is 17.2. The summed E-state index contributed by atoms with van der Waals surface area (Å²) >= 11 is 0. The van der Waals surface area contributed by atoms with Gasteiger partial charge in [0.05, 0.1) is 0 Å². The van der Waals surface area contributed by atoms with E-state index in [1.807, 2.05) is 47.4 Å². The van der Waals surface area contributed by atoms with Crippen molar-refractivity contribution in [3.8, 4) is 5.75 Å². The molecule has 0 radical (unpaired) electrons. The second-order valence-corrected chi connectivity index (χ2v) is 6.19. The average Bonchev–Trinajstić information content (AvgIpc) is 2.66. The molecule has 1 aliphatic heterocycles. The highest BCUT2D eigenvalue weighted by atomic mass is 16.5. The zero-order chi connectivity index (χ0) is 17.5. The first-order chi connectivity index (χ1) is 12.2. The molecule has 1 aromatic heterocycles. The summed E-state index contributed by atoms with van der Waals surface area (Å²) in [5.41, 5.74) is 2.01. The van der Waals surface area contributed by atoms with Crippen LogP contribution in [0.3, 0.4) is 0 Å². The van der Waals surface area contributed by atoms with Crippen molar-refractivity contribution >= 4 is 12.0 Å². The summed E-state index contributed by atoms with van der Waals surface area (Å²) in [7, 11) is 0. The topological polar surface area (TPSA) is 54.5 Å². The quantitative estimate of drug-likeness (QED) is 0.852. The second-order valence-electron chi connectivity index (χ2n) is 6.19. The molecule has 1 aromatic carbocycles. The van der Waals surface area contributed by atoms with Crippen LogP contribution in [0.1, 0.15) is 18.1 Å². The van der Waals surface area contributed by atoms with E-state index in [1.165, 1.54) is 0 Å². The summed E-state index contributed by atoms with van der Waals surface area (Å²) in [5, 5.41) is 3.33. The third kappa shape index (κ3) is 5.16. The fourth-order valence-corrected chi connectivity index (χ4v) is 2.73. The van der Waals surface area contributed by atoms with Crippen molar-refractivity contribution in [3.63, 3.8) is 0 Å². The predicted molar refractivity (Wildman–Crippen MR) is 98.1 cm³/mol. The number of hydrogen-bond donors (Lipinski definition) is 1. The Kier molecular flexibility index (Phi) is 5.80. The van der Waals surface area contributed by atoms with Crippen molar-refractivity contribution in [3.05, 3.63) is 66.0 Å². The van der Waals surface area contributed by atoms with Crippen LogP contribution in [0.25, 0.3) is 6.08 Å². The fourth-order valence-electron chi connectivity index (χ4n) is 2.73. The number of pyridine rings is 1. The van der Waals surface area contributed by atoms with Gasteiger partial charge in [-0.05, 0) is 36.8 Å². The molecule has 1 amide bonds. The monoisotopic (exact) mass is 337 g/mol. The van der Waals surface area contributed by atoms with E-state index < -0.39 is 0 Å². The van der Waals surface area contributed by atoms with Crippen molar-refractivity contribution in [1.82, 2.24) is 15.2 Å². The van der Waals surface area contributed by atoms with Crippen molar-refractivity contribution in [2.45, 2.75) is 19.6 Å². The summed E-state index contributed by atoms with van der Waals surface area (Å²) in [6.45, 7) is 4.94. The molecule has 0 saturated carbocycles. The summed E-state index contributed by atoms with van der Waals surface area (Å²) < 4.78 is 5.73. The molecule has 1 saturated heterocycles. The van der Waals surface area contributed by atoms with E-state index in [4.69, 9.17) is 4.74 Å². The summed E-state index contributed by atoms with van der Waals surface area (Å²) in [5.74, 6) is 0.855. The van der Waals surface area contributed by atoms with Crippen LogP contribution in [0.4, 0.5) is 0 Å². The van der Waals surface area contributed by atoms with Crippen LogP contribution in [-0.4, -0.2) is 41.5 Å². The largest absolute Gasteiger partial charge is 0.489 e. The lowest BCUT2D eigenvalue weighted by molar-refractivity contribution is -0.127. The Balaban J connectivity index is 1.52. The first-order valence-corrected chi connectivity index (χ1v) is 8.53. The maximum absolute atomic E-state index is 12.2. The molecule has 25 heavy (non-hydrogen) atoms. The van der Waals surface area contributed by atoms with E-state index in [-0.39, 0.29) is 5.91 Å². The van der Waals surface area contributed by atoms with Gasteiger partial charge in [0.25, 0.3) is 0 Å². The smallest absolute Gasteiger partial charge is 0.246 e. The molecule has 5 nitrogen and oxygen atoms in total. The van der Waals surface area contributed by atoms with Gasteiger partial charge in [-0.3, -0.25) is 9.78 Å². The van der Waals surface area contributed by atoms with Gasteiger partial charge in [-0.1, -0.05) is 18.2 Å². The molecule has 1 aliphatic rings. The maximum Gasteiger partial charge on any atom is 0.246 e. The number of benzene rings is 1. The molecule has 2 heterocycles. The van der Waals surface area contributed by atoms with Crippen molar-refractivity contribution in [1.29, 1.82) is 0 Å². The minimum absolute atomic E-state index is 0.0604. The lowest BCUT2D eigenvalue weighted by Gasteiger charge is -2.31. The summed E-state index contributed by atoms with van der Waals surface area (Å²) in [4.78, 5) is 18.2. The Hall–Kier alpha value is -2.66. The van der Waals surface area contributed by atoms with E-state index >= 15 is 0 Å². The predicted octanol–water partition coefficient (Wildman–Crippen LogP) is 2.49. The molecule has 2 aromatic rings. The summed E-state index contributed by atoms with van der Waals surface area (Å²) in [6.07, 6.45) is 7.02. The molecule has 5 heteroatoms. The minimum Gasteiger partial charge on any atom is -0.489 e. The van der Waals surface area contributed by atoms with Gasteiger partial charge >= 0.3 is 0 Å². The zero-order valence-corrected chi connectivity index (χ0v) is 14.4. The molecule has 3 rings (SSSR count). The second kappa shape index (κ2) is 8.44. The van der Waals surface area contributed by atoms with E-state index in [1.54, 1.807) is 18.5 Å². The fraction of sp³-hybridized carbons (Fsp3) is 0.300. The van der Waals surface area contributed by atoms with Crippen LogP contribution >= 0.6 is 0 Å². The van der Waals surface area contributed by atoms with Gasteiger partial charge in [0, 0.05) is 49.7 Å². The number of nitrogens with one attached hydrogen (secondary N) is 1. The lowest BCUT2D eigenvalue weighted by atomic mass is 10.2. The third-order valence-electron chi connectivity index (χ3n) is 4.11. The Morgan fingerprint density at radius 1 is 1.36 bits per heavy atom. The van der Waals surface area contributed by atoms with E-state index in [0.29, 0.717) is 12.6 Å². The maximum atomic E-state index is 12.2. The number of carbonyl (C=O) groups excluding carboxylic acids is 1. The third-order valence-corrected chi connectivity index (χ3v) is 4.11. The van der Waals surface area contributed by atoms with Crippen LogP contribution < -0.4 is 10.1 Å². The van der Waals surface area contributed by atoms with Gasteiger partial charge in [-0.15, -0.1) is 0 Å². The molecule has 0 spiro atoms. The normalized spacial score (nSPS) is 17.6. The lowest BCUT2D eigenvalue weighted by Crippen LogP contribution is -2.50. The molecule has 1 atom stereocenters. The molecule has 130 valence electrons. The van der Waals surface area contributed by atoms with Gasteiger partial charge in [-0.25, -0.2) is 0 Å². The minimum atomic E-state index is 0.0604. The van der Waals surface area contributed by atoms with Crippen LogP contribution in [0.2, 0.25) is 0 Å². The van der Waals surface area contributed by atoms with Gasteiger partial charge in [0.2, 0.25) is 5.91 Å². The van der Waals surface area contributed by atoms with E-state index in [2.05, 4.69) is 17.2 Å². The SMILES string of the molecule is CC1CN(C(=O)/C=C/c2ccc(OCc3cccnc3)cc2)CCN1. The molecule has 0 bridgehead atoms. The Morgan fingerprint density at radius 2 is 2.20 bits per heavy atom. The molecule has 0 aliphatic carbocycles. The number of hydrogen-bond acceptors (Lipinski definition) is 4. The highest BCUT2D eigenvalue weighted by molar-refractivity contribution is 5.91. The van der Waals surface area contributed by atoms with Crippen molar-refractivity contribution < 1.29 is 9.53 Å². The van der Waals surface area contributed by atoms with Gasteiger partial charge in [0.15, 0.2) is 0 Å². The molecular weight excluding hydrogens is 314 g/mol. The molecule has 1 fully saturated rings. The Bertz CT molecular complexity index is 713. The number of nitrogens with zero attached hydrogens (tertiary/aromatic N) is 2. The first-order valence-electron chi connectivity index (χ1n) is 8.53. The van der Waals surface area contributed by atoms with Gasteiger partial charge in [-0.2, -0.15) is 0 Å². The number of piperazine rings is 1. The van der Waals surface area contributed by atoms with Crippen LogP contribution in [0, 0.1) is 0 Å². The number of aromatic nitrogens is 1. The van der Waals surface area contributed by atoms with Gasteiger partial charge in [0.1, 0.15) is 12.4 Å². The van der Waals surface area contributed by atoms with Crippen molar-refractivity contribution in [2.75, 3.05) is 19.6 Å². The number of rotatable bonds is 5. The Morgan fingerprint density at radius 3 is 2.92 bits per heavy atom. The number of carbonyl (C=O) groups is 1. The van der Waals surface area contributed by atoms with Crippen LogP contribution in [-0.2, 0) is 11.4 Å². The van der Waals surface area contributed by atoms with Crippen molar-refractivity contribution in [2.24, 2.45) is 0 Å². The number of amides is 1. The molecule has 1 unspecified atom stereocenters. The van der Waals surface area contributed by atoms with E-state index in [9.17, 15) is 4.79 Å². The summed E-state index contributed by atoms with van der Waals surface area (Å²) in [6, 6.07) is 11.9.